The fraction of sp³-hybridized carbons (Fsp3) is 1.00. The molecule has 12 heavy (non-hydrogen) atoms. The van der Waals surface area contributed by atoms with Crippen molar-refractivity contribution in [3.8, 4) is 0 Å². The second kappa shape index (κ2) is 5.36. The Morgan fingerprint density at radius 1 is 1.67 bits per heavy atom. The van der Waals surface area contributed by atoms with Crippen LogP contribution in [0.4, 0.5) is 0 Å². The molecular formula is C8H18IN2O-. The molecule has 1 rings (SSSR count). The van der Waals surface area contributed by atoms with Crippen LogP contribution in [-0.2, 0) is 0 Å². The van der Waals surface area contributed by atoms with Crippen LogP contribution in [0.1, 0.15) is 13.3 Å². The number of nitrogens with two attached hydrogens (primary N) is 1. The number of β-amino-alcohol motifs (C(OH)–C–C–N with tert-alkyl or cyclic N) is 1. The second-order valence-corrected chi connectivity index (χ2v) is 6.68. The van der Waals surface area contributed by atoms with Crippen LogP contribution in [0.25, 0.3) is 0 Å². The van der Waals surface area contributed by atoms with Crippen LogP contribution >= 0.6 is 0 Å². The fourth-order valence-corrected chi connectivity index (χ4v) is 3.76. The zero-order valence-electron chi connectivity index (χ0n) is 7.54. The number of halogens is 1. The molecule has 0 aromatic carbocycles. The van der Waals surface area contributed by atoms with E-state index in [4.69, 9.17) is 5.73 Å². The summed E-state index contributed by atoms with van der Waals surface area (Å²) in [6, 6.07) is 0. The Bertz CT molecular complexity index is 134. The molecule has 1 saturated heterocycles. The van der Waals surface area contributed by atoms with Crippen molar-refractivity contribution in [2.45, 2.75) is 19.4 Å². The van der Waals surface area contributed by atoms with Crippen LogP contribution in [0.15, 0.2) is 0 Å². The van der Waals surface area contributed by atoms with Crippen molar-refractivity contribution in [2.75, 3.05) is 24.1 Å². The van der Waals surface area contributed by atoms with Crippen LogP contribution in [-0.4, -0.2) is 38.4 Å². The Morgan fingerprint density at radius 2 is 2.42 bits per heavy atom. The van der Waals surface area contributed by atoms with Crippen LogP contribution in [0.5, 0.6) is 0 Å². The van der Waals surface area contributed by atoms with Crippen molar-refractivity contribution in [1.29, 1.82) is 0 Å². The van der Waals surface area contributed by atoms with E-state index in [0.29, 0.717) is 12.5 Å². The van der Waals surface area contributed by atoms with Gasteiger partial charge in [0.15, 0.2) is 0 Å². The van der Waals surface area contributed by atoms with E-state index in [1.54, 1.807) is 0 Å². The monoisotopic (exact) mass is 285 g/mol. The van der Waals surface area contributed by atoms with Crippen molar-refractivity contribution < 1.29 is 26.6 Å². The molecule has 1 fully saturated rings. The summed E-state index contributed by atoms with van der Waals surface area (Å²) in [5.74, 6) is 0.349. The summed E-state index contributed by atoms with van der Waals surface area (Å²) < 4.78 is 3.70. The fourth-order valence-electron chi connectivity index (χ4n) is 1.49. The maximum absolute atomic E-state index is 9.66. The molecule has 0 aliphatic carbocycles. The van der Waals surface area contributed by atoms with E-state index in [2.05, 4.69) is 10.0 Å². The zero-order chi connectivity index (χ0) is 8.97. The topological polar surface area (TPSA) is 49.5 Å². The van der Waals surface area contributed by atoms with Crippen LogP contribution in [0, 0.1) is 5.92 Å². The molecule has 2 atom stereocenters. The number of hydrogen-bond acceptors (Lipinski definition) is 3. The van der Waals surface area contributed by atoms with Crippen LogP contribution in [0.2, 0.25) is 0 Å². The average Bonchev–Trinajstić information content (AvgIpc) is 2.05. The molecule has 3 nitrogen and oxygen atoms in total. The van der Waals surface area contributed by atoms with Gasteiger partial charge in [-0.25, -0.2) is 0 Å². The molecular weight excluding hydrogens is 267 g/mol. The molecule has 74 valence electrons. The first kappa shape index (κ1) is 10.7. The van der Waals surface area contributed by atoms with E-state index in [0.717, 1.165) is 19.5 Å². The van der Waals surface area contributed by atoms with Crippen molar-refractivity contribution >= 4 is 0 Å². The predicted molar refractivity (Wildman–Crippen MR) is 45.3 cm³/mol. The van der Waals surface area contributed by atoms with E-state index < -0.39 is 0 Å². The van der Waals surface area contributed by atoms with Gasteiger partial charge in [0.2, 0.25) is 0 Å². The third-order valence-electron chi connectivity index (χ3n) is 2.26. The number of aliphatic hydroxyl groups is 1. The molecule has 2 unspecified atom stereocenters. The van der Waals surface area contributed by atoms with Crippen LogP contribution < -0.4 is 27.2 Å². The van der Waals surface area contributed by atoms with Gasteiger partial charge in [-0.15, -0.1) is 0 Å². The van der Waals surface area contributed by atoms with Crippen molar-refractivity contribution in [1.82, 2.24) is 3.11 Å². The molecule has 3 N–H and O–H groups in total. The quantitative estimate of drug-likeness (QED) is 0.324. The molecule has 4 heteroatoms. The van der Waals surface area contributed by atoms with Crippen molar-refractivity contribution in [3.05, 3.63) is 0 Å². The summed E-state index contributed by atoms with van der Waals surface area (Å²) in [6.07, 6.45) is 0.909. The zero-order valence-corrected chi connectivity index (χ0v) is 9.70. The van der Waals surface area contributed by atoms with Gasteiger partial charge < -0.3 is 0 Å². The Morgan fingerprint density at radius 3 is 2.92 bits per heavy atom. The van der Waals surface area contributed by atoms with Gasteiger partial charge in [0, 0.05) is 0 Å². The molecule has 1 aliphatic heterocycles. The predicted octanol–water partition coefficient (Wildman–Crippen LogP) is -3.35. The van der Waals surface area contributed by atoms with Gasteiger partial charge >= 0.3 is 84.9 Å². The van der Waals surface area contributed by atoms with Crippen molar-refractivity contribution in [2.24, 2.45) is 11.7 Å². The summed E-state index contributed by atoms with van der Waals surface area (Å²) in [4.78, 5) is 0. The van der Waals surface area contributed by atoms with Gasteiger partial charge in [0.1, 0.15) is 0 Å². The Kier molecular flexibility index (Phi) is 4.78. The number of aliphatic hydroxyl groups excluding tert-OH is 1. The molecule has 0 saturated carbocycles. The Labute approximate surface area is 84.9 Å². The molecule has 0 radical (unpaired) electrons. The molecule has 1 heterocycles. The van der Waals surface area contributed by atoms with E-state index in [1.807, 2.05) is 0 Å². The molecule has 0 bridgehead atoms. The number of alkyl halides is 1. The molecule has 1 aliphatic rings. The molecule has 0 spiro atoms. The van der Waals surface area contributed by atoms with Gasteiger partial charge in [-0.2, -0.15) is 0 Å². The normalized spacial score (nSPS) is 32.6. The average molecular weight is 285 g/mol. The summed E-state index contributed by atoms with van der Waals surface area (Å²) >= 11 is 0.187. The van der Waals surface area contributed by atoms with E-state index in [1.165, 1.54) is 4.43 Å². The summed E-state index contributed by atoms with van der Waals surface area (Å²) in [7, 11) is 0. The molecule has 0 aromatic heterocycles. The first-order valence-electron chi connectivity index (χ1n) is 4.50. The minimum absolute atomic E-state index is 0.171. The molecule has 0 aromatic rings. The van der Waals surface area contributed by atoms with E-state index >= 15 is 0 Å². The second-order valence-electron chi connectivity index (χ2n) is 3.11. The van der Waals surface area contributed by atoms with Gasteiger partial charge in [-0.05, 0) is 0 Å². The first-order chi connectivity index (χ1) is 5.77. The standard InChI is InChI=1S/C8H18IN2O/c1-2-9-11-4-3-7(5-10)8(12)6-11/h7-8,12H,2-6,10H2,1H3/q-1. The molecule has 0 amide bonds. The van der Waals surface area contributed by atoms with Gasteiger partial charge in [0.25, 0.3) is 0 Å². The van der Waals surface area contributed by atoms with E-state index in [-0.39, 0.29) is 27.6 Å². The summed E-state index contributed by atoms with van der Waals surface area (Å²) in [6.45, 7) is 4.87. The Balaban J connectivity index is 2.30. The van der Waals surface area contributed by atoms with E-state index in [9.17, 15) is 5.11 Å². The van der Waals surface area contributed by atoms with Gasteiger partial charge in [0.05, 0.1) is 0 Å². The van der Waals surface area contributed by atoms with Gasteiger partial charge in [-0.3, -0.25) is 0 Å². The third-order valence-corrected chi connectivity index (χ3v) is 4.79. The maximum atomic E-state index is 9.66. The number of rotatable bonds is 3. The number of hydrogen-bond donors (Lipinski definition) is 2. The van der Waals surface area contributed by atoms with Gasteiger partial charge in [-0.1, -0.05) is 0 Å². The summed E-state index contributed by atoms with van der Waals surface area (Å²) in [5, 5.41) is 9.66. The van der Waals surface area contributed by atoms with Crippen molar-refractivity contribution in [3.63, 3.8) is 0 Å². The first-order valence-corrected chi connectivity index (χ1v) is 6.99. The third kappa shape index (κ3) is 2.83. The SMILES string of the molecule is CC[I-]N1CCC(CN)C(O)C1. The Hall–Kier alpha value is 0.610. The van der Waals surface area contributed by atoms with Crippen LogP contribution in [0.3, 0.4) is 0 Å². The summed E-state index contributed by atoms with van der Waals surface area (Å²) in [5.41, 5.74) is 5.54. The number of piperidine rings is 1. The number of nitrogens with zero attached hydrogens (tertiary/aromatic N) is 1. The minimum atomic E-state index is -0.171.